The SMILES string of the molecule is CC(C)C(NC(=O)c1c(-c2ccc(Nc3nc4ccc(F)cc4s3)cc2)noc1-c1ccccc1)C(=O)O. The van der Waals surface area contributed by atoms with Crippen molar-refractivity contribution in [3.63, 3.8) is 0 Å². The van der Waals surface area contributed by atoms with Gasteiger partial charge in [-0.3, -0.25) is 4.79 Å². The molecule has 0 fully saturated rings. The van der Waals surface area contributed by atoms with E-state index < -0.39 is 17.9 Å². The zero-order valence-electron chi connectivity index (χ0n) is 20.4. The molecule has 0 radical (unpaired) electrons. The van der Waals surface area contributed by atoms with E-state index in [9.17, 15) is 19.1 Å². The van der Waals surface area contributed by atoms with Crippen LogP contribution in [0.15, 0.2) is 77.3 Å². The number of anilines is 2. The van der Waals surface area contributed by atoms with Crippen LogP contribution in [0.2, 0.25) is 0 Å². The number of benzene rings is 3. The Morgan fingerprint density at radius 2 is 1.74 bits per heavy atom. The molecule has 1 atom stereocenters. The van der Waals surface area contributed by atoms with Crippen LogP contribution in [-0.4, -0.2) is 33.2 Å². The van der Waals surface area contributed by atoms with Crippen molar-refractivity contribution in [1.82, 2.24) is 15.5 Å². The van der Waals surface area contributed by atoms with E-state index in [1.807, 2.05) is 18.2 Å². The van der Waals surface area contributed by atoms with Crippen LogP contribution in [0.1, 0.15) is 24.2 Å². The second kappa shape index (κ2) is 10.4. The maximum absolute atomic E-state index is 13.5. The number of fused-ring (bicyclic) bond motifs is 1. The smallest absolute Gasteiger partial charge is 0.326 e. The first-order chi connectivity index (χ1) is 18.3. The van der Waals surface area contributed by atoms with E-state index in [0.29, 0.717) is 21.8 Å². The fraction of sp³-hybridized carbons (Fsp3) is 0.143. The summed E-state index contributed by atoms with van der Waals surface area (Å²) in [6.45, 7) is 3.44. The van der Waals surface area contributed by atoms with Crippen molar-refractivity contribution in [3.05, 3.63) is 84.2 Å². The van der Waals surface area contributed by atoms with Gasteiger partial charge in [-0.1, -0.05) is 72.8 Å². The van der Waals surface area contributed by atoms with Crippen molar-refractivity contribution in [3.8, 4) is 22.6 Å². The summed E-state index contributed by atoms with van der Waals surface area (Å²) >= 11 is 1.33. The number of rotatable bonds is 8. The van der Waals surface area contributed by atoms with Gasteiger partial charge in [-0.15, -0.1) is 0 Å². The van der Waals surface area contributed by atoms with Gasteiger partial charge in [-0.05, 0) is 36.2 Å². The van der Waals surface area contributed by atoms with Gasteiger partial charge in [0.1, 0.15) is 23.1 Å². The number of aromatic nitrogens is 2. The number of nitrogens with zero attached hydrogens (tertiary/aromatic N) is 2. The predicted molar refractivity (Wildman–Crippen MR) is 144 cm³/mol. The predicted octanol–water partition coefficient (Wildman–Crippen LogP) is 6.34. The molecule has 1 unspecified atom stereocenters. The highest BCUT2D eigenvalue weighted by Crippen LogP contribution is 2.34. The maximum Gasteiger partial charge on any atom is 0.326 e. The molecule has 2 heterocycles. The minimum atomic E-state index is -1.12. The molecule has 5 aromatic rings. The molecule has 38 heavy (non-hydrogen) atoms. The standard InChI is InChI=1S/C28H23FN4O4S/c1-15(2)23(27(35)36)32-26(34)22-24(33-37-25(22)17-6-4-3-5-7-17)16-8-11-19(12-9-16)30-28-31-20-13-10-18(29)14-21(20)38-28/h3-15,23H,1-2H3,(H,30,31)(H,32,34)(H,35,36). The Labute approximate surface area is 221 Å². The lowest BCUT2D eigenvalue weighted by molar-refractivity contribution is -0.140. The average molecular weight is 531 g/mol. The molecule has 0 saturated heterocycles. The highest BCUT2D eigenvalue weighted by molar-refractivity contribution is 7.22. The van der Waals surface area contributed by atoms with Crippen LogP contribution in [0, 0.1) is 11.7 Å². The third-order valence-corrected chi connectivity index (χ3v) is 6.87. The molecule has 0 spiro atoms. The van der Waals surface area contributed by atoms with Crippen LogP contribution in [0.25, 0.3) is 32.8 Å². The van der Waals surface area contributed by atoms with Gasteiger partial charge >= 0.3 is 5.97 Å². The molecule has 1 amide bonds. The Bertz CT molecular complexity index is 1610. The molecule has 10 heteroatoms. The van der Waals surface area contributed by atoms with E-state index in [1.165, 1.54) is 23.5 Å². The number of carboxylic acid groups (broad SMARTS) is 1. The first-order valence-corrected chi connectivity index (χ1v) is 12.6. The monoisotopic (exact) mass is 530 g/mol. The van der Waals surface area contributed by atoms with E-state index in [4.69, 9.17) is 4.52 Å². The van der Waals surface area contributed by atoms with Crippen LogP contribution in [0.3, 0.4) is 0 Å². The average Bonchev–Trinajstić information content (AvgIpc) is 3.51. The quantitative estimate of drug-likeness (QED) is 0.214. The molecule has 0 bridgehead atoms. The third-order valence-electron chi connectivity index (χ3n) is 5.93. The van der Waals surface area contributed by atoms with Crippen LogP contribution >= 0.6 is 11.3 Å². The first kappa shape index (κ1) is 25.1. The molecule has 5 rings (SSSR count). The second-order valence-corrected chi connectivity index (χ2v) is 10.00. The van der Waals surface area contributed by atoms with Gasteiger partial charge < -0.3 is 20.3 Å². The number of amides is 1. The van der Waals surface area contributed by atoms with Gasteiger partial charge in [0.05, 0.1) is 10.2 Å². The summed E-state index contributed by atoms with van der Waals surface area (Å²) in [7, 11) is 0. The minimum Gasteiger partial charge on any atom is -0.480 e. The zero-order chi connectivity index (χ0) is 26.8. The molecule has 3 N–H and O–H groups in total. The van der Waals surface area contributed by atoms with E-state index in [-0.39, 0.29) is 28.8 Å². The number of carboxylic acids is 1. The fourth-order valence-corrected chi connectivity index (χ4v) is 4.91. The Balaban J connectivity index is 1.47. The molecule has 0 aliphatic carbocycles. The lowest BCUT2D eigenvalue weighted by Gasteiger charge is -2.18. The number of hydrogen-bond donors (Lipinski definition) is 3. The molecule has 0 aliphatic heterocycles. The molecular weight excluding hydrogens is 507 g/mol. The number of halogens is 1. The maximum atomic E-state index is 13.5. The zero-order valence-corrected chi connectivity index (χ0v) is 21.3. The van der Waals surface area contributed by atoms with Crippen molar-refractivity contribution in [2.24, 2.45) is 5.92 Å². The topological polar surface area (TPSA) is 117 Å². The normalized spacial score (nSPS) is 12.0. The van der Waals surface area contributed by atoms with E-state index in [0.717, 1.165) is 10.4 Å². The van der Waals surface area contributed by atoms with Crippen molar-refractivity contribution in [2.45, 2.75) is 19.9 Å². The van der Waals surface area contributed by atoms with Crippen LogP contribution in [0.4, 0.5) is 15.2 Å². The second-order valence-electron chi connectivity index (χ2n) is 8.97. The van der Waals surface area contributed by atoms with E-state index in [2.05, 4.69) is 20.8 Å². The van der Waals surface area contributed by atoms with E-state index in [1.54, 1.807) is 56.3 Å². The van der Waals surface area contributed by atoms with Gasteiger partial charge in [0.25, 0.3) is 5.91 Å². The largest absolute Gasteiger partial charge is 0.480 e. The fourth-order valence-electron chi connectivity index (χ4n) is 4.00. The van der Waals surface area contributed by atoms with Crippen LogP contribution in [-0.2, 0) is 4.79 Å². The lowest BCUT2D eigenvalue weighted by Crippen LogP contribution is -2.44. The molecule has 3 aromatic carbocycles. The third kappa shape index (κ3) is 5.12. The van der Waals surface area contributed by atoms with Gasteiger partial charge in [0, 0.05) is 16.8 Å². The summed E-state index contributed by atoms with van der Waals surface area (Å²) < 4.78 is 19.9. The van der Waals surface area contributed by atoms with Crippen molar-refractivity contribution in [2.75, 3.05) is 5.32 Å². The highest BCUT2D eigenvalue weighted by atomic mass is 32.1. The summed E-state index contributed by atoms with van der Waals surface area (Å²) in [5, 5.41) is 20.2. The number of nitrogens with one attached hydrogen (secondary N) is 2. The Hall–Kier alpha value is -4.57. The molecule has 192 valence electrons. The molecule has 2 aromatic heterocycles. The highest BCUT2D eigenvalue weighted by Gasteiger charge is 2.30. The van der Waals surface area contributed by atoms with E-state index >= 15 is 0 Å². The van der Waals surface area contributed by atoms with Crippen LogP contribution < -0.4 is 10.6 Å². The van der Waals surface area contributed by atoms with Gasteiger partial charge in [0.2, 0.25) is 0 Å². The summed E-state index contributed by atoms with van der Waals surface area (Å²) in [5.74, 6) is -2.12. The molecule has 0 saturated carbocycles. The summed E-state index contributed by atoms with van der Waals surface area (Å²) in [5.41, 5.74) is 3.11. The lowest BCUT2D eigenvalue weighted by atomic mass is 9.99. The number of thiazole rings is 1. The van der Waals surface area contributed by atoms with Crippen LogP contribution in [0.5, 0.6) is 0 Å². The first-order valence-electron chi connectivity index (χ1n) is 11.8. The van der Waals surface area contributed by atoms with Crippen molar-refractivity contribution in [1.29, 1.82) is 0 Å². The Morgan fingerprint density at radius 3 is 2.42 bits per heavy atom. The van der Waals surface area contributed by atoms with Gasteiger partial charge in [-0.25, -0.2) is 14.2 Å². The number of carbonyl (C=O) groups is 2. The van der Waals surface area contributed by atoms with Gasteiger partial charge in [-0.2, -0.15) is 0 Å². The Kier molecular flexibility index (Phi) is 6.89. The summed E-state index contributed by atoms with van der Waals surface area (Å²) in [6.07, 6.45) is 0. The minimum absolute atomic E-state index is 0.150. The number of carbonyl (C=O) groups excluding carboxylic acids is 1. The van der Waals surface area contributed by atoms with Gasteiger partial charge in [0.15, 0.2) is 10.9 Å². The van der Waals surface area contributed by atoms with Crippen molar-refractivity contribution >= 4 is 44.2 Å². The molecular formula is C28H23FN4O4S. The summed E-state index contributed by atoms with van der Waals surface area (Å²) in [4.78, 5) is 29.6. The molecule has 8 nitrogen and oxygen atoms in total. The number of hydrogen-bond acceptors (Lipinski definition) is 7. The summed E-state index contributed by atoms with van der Waals surface area (Å²) in [6, 6.07) is 19.5. The van der Waals surface area contributed by atoms with Crippen molar-refractivity contribution < 1.29 is 23.6 Å². The molecule has 0 aliphatic rings. The number of aliphatic carboxylic acids is 1. The Morgan fingerprint density at radius 1 is 1.00 bits per heavy atom.